The number of para-hydroxylation sites is 2. The van der Waals surface area contributed by atoms with Crippen molar-refractivity contribution in [3.63, 3.8) is 0 Å². The Morgan fingerprint density at radius 1 is 0.146 bits per heavy atom. The molecule has 0 N–H and O–H groups in total. The van der Waals surface area contributed by atoms with Crippen LogP contribution in [0, 0.1) is 0 Å². The van der Waals surface area contributed by atoms with Gasteiger partial charge in [-0.3, -0.25) is 0 Å². The Balaban J connectivity index is 0.000000139. The van der Waals surface area contributed by atoms with Crippen LogP contribution in [0.2, 0.25) is 0 Å². The van der Waals surface area contributed by atoms with E-state index in [9.17, 15) is 0 Å². The fourth-order valence-corrected chi connectivity index (χ4v) is 24.1. The van der Waals surface area contributed by atoms with Crippen molar-refractivity contribution >= 4 is 88.2 Å². The summed E-state index contributed by atoms with van der Waals surface area (Å²) in [6, 6.07) is 196. The second-order valence-corrected chi connectivity index (χ2v) is 36.6. The van der Waals surface area contributed by atoms with Crippen LogP contribution in [0.4, 0.5) is 34.1 Å². The Morgan fingerprint density at radius 2 is 0.394 bits per heavy atom. The fourth-order valence-electron chi connectivity index (χ4n) is 24.1. The molecule has 4 aliphatic rings. The van der Waals surface area contributed by atoms with Crippen LogP contribution in [0.5, 0.6) is 0 Å². The minimum Gasteiger partial charge on any atom is -0.310 e. The number of hydrogen-bond donors (Lipinski definition) is 0. The quantitative estimate of drug-likeness (QED) is 0.120. The Morgan fingerprint density at radius 3 is 0.766 bits per heavy atom. The third-order valence-corrected chi connectivity index (χ3v) is 29.7. The van der Waals surface area contributed by atoms with E-state index in [4.69, 9.17) is 0 Å². The van der Waals surface area contributed by atoms with Crippen molar-refractivity contribution in [2.75, 3.05) is 9.80 Å². The first-order chi connectivity index (χ1) is 68.0. The highest BCUT2D eigenvalue weighted by Gasteiger charge is 2.50. The van der Waals surface area contributed by atoms with Crippen molar-refractivity contribution in [2.45, 2.75) is 10.8 Å². The summed E-state index contributed by atoms with van der Waals surface area (Å²) in [5, 5.41) is 9.97. The molecule has 638 valence electrons. The zero-order valence-electron chi connectivity index (χ0n) is 75.1. The highest BCUT2D eigenvalue weighted by molar-refractivity contribution is 6.26. The topological polar surface area (TPSA) is 11.4 Å². The third-order valence-electron chi connectivity index (χ3n) is 29.7. The number of benzene rings is 23. The van der Waals surface area contributed by atoms with Crippen LogP contribution in [0.15, 0.2) is 528 Å². The molecule has 0 spiro atoms. The second-order valence-electron chi connectivity index (χ2n) is 36.6. The van der Waals surface area contributed by atoms with Gasteiger partial charge in [-0.05, 0) is 262 Å². The molecule has 0 aliphatic heterocycles. The van der Waals surface area contributed by atoms with Gasteiger partial charge in [0.2, 0.25) is 0 Å². The molecule has 0 unspecified atom stereocenters. The summed E-state index contributed by atoms with van der Waals surface area (Å²) >= 11 is 0. The SMILES string of the molecule is c1ccc(-n2c3ccccc3c3cc(N(c4ccc5c(c4)-c4ccccc4-c4ccccc4-c4ccccc4-5)c4cccc5c4-c4ccccc4C5(c4ccccc4)c4ccccc4)ccc32)cc1.c1ccc(C2(c3ccccc3)c3ccccc3-c3c(N(c4ccc5c(c4)-c4ccccc4-c4ccccc4-c4ccccc4-5)c4ccc5c6ccccc6c6ccccc6c5c4)cccc32)cc1. The van der Waals surface area contributed by atoms with Gasteiger partial charge in [-0.1, -0.05) is 443 Å². The fraction of sp³-hybridized carbons (Fsp3) is 0.0149. The van der Waals surface area contributed by atoms with E-state index >= 15 is 0 Å². The van der Waals surface area contributed by atoms with Gasteiger partial charge in [-0.15, -0.1) is 0 Å². The van der Waals surface area contributed by atoms with Crippen molar-refractivity contribution < 1.29 is 0 Å². The average Bonchev–Trinajstić information content (AvgIpc) is 1.54. The molecule has 24 aromatic rings. The summed E-state index contributed by atoms with van der Waals surface area (Å²) in [7, 11) is 0. The monoisotopic (exact) mass is 1740 g/mol. The largest absolute Gasteiger partial charge is 0.310 e. The molecule has 0 amide bonds. The maximum atomic E-state index is 2.55. The molecule has 0 bridgehead atoms. The van der Waals surface area contributed by atoms with Gasteiger partial charge in [0, 0.05) is 50.3 Å². The van der Waals surface area contributed by atoms with Gasteiger partial charge in [-0.2, -0.15) is 0 Å². The van der Waals surface area contributed by atoms with Crippen LogP contribution >= 0.6 is 0 Å². The lowest BCUT2D eigenvalue weighted by molar-refractivity contribution is 0.768. The van der Waals surface area contributed by atoms with E-state index in [-0.39, 0.29) is 0 Å². The Hall–Kier alpha value is -17.8. The maximum absolute atomic E-state index is 2.55. The number of anilines is 6. The first kappa shape index (κ1) is 79.0. The van der Waals surface area contributed by atoms with Crippen molar-refractivity contribution in [3.05, 3.63) is 572 Å². The summed E-state index contributed by atoms with van der Waals surface area (Å²) < 4.78 is 2.40. The molecular weight excluding hydrogens is 1650 g/mol. The molecule has 23 aromatic carbocycles. The van der Waals surface area contributed by atoms with E-state index in [0.717, 1.165) is 39.8 Å². The molecule has 137 heavy (non-hydrogen) atoms. The van der Waals surface area contributed by atoms with Crippen LogP contribution in [-0.2, 0) is 10.8 Å². The van der Waals surface area contributed by atoms with E-state index < -0.39 is 10.8 Å². The van der Waals surface area contributed by atoms with E-state index in [1.165, 1.54) is 210 Å². The van der Waals surface area contributed by atoms with Gasteiger partial charge in [0.1, 0.15) is 0 Å². The molecule has 0 atom stereocenters. The highest BCUT2D eigenvalue weighted by Crippen LogP contribution is 2.64. The molecular formula is C134H87N3. The Bertz CT molecular complexity index is 8850. The summed E-state index contributed by atoms with van der Waals surface area (Å²) in [6.45, 7) is 0. The predicted octanol–water partition coefficient (Wildman–Crippen LogP) is 35.6. The maximum Gasteiger partial charge on any atom is 0.0714 e. The number of rotatable bonds is 11. The smallest absolute Gasteiger partial charge is 0.0714 e. The van der Waals surface area contributed by atoms with E-state index in [1.54, 1.807) is 0 Å². The van der Waals surface area contributed by atoms with Crippen LogP contribution in [0.25, 0.3) is 171 Å². The van der Waals surface area contributed by atoms with Crippen LogP contribution < -0.4 is 9.80 Å². The van der Waals surface area contributed by atoms with Gasteiger partial charge in [0.05, 0.1) is 33.2 Å². The predicted molar refractivity (Wildman–Crippen MR) is 574 cm³/mol. The molecule has 28 rings (SSSR count). The summed E-state index contributed by atoms with van der Waals surface area (Å²) in [5.41, 5.74) is 43.8. The molecule has 0 saturated carbocycles. The minimum atomic E-state index is -0.550. The first-order valence-corrected chi connectivity index (χ1v) is 47.6. The molecule has 1 aromatic heterocycles. The van der Waals surface area contributed by atoms with E-state index in [0.29, 0.717) is 0 Å². The van der Waals surface area contributed by atoms with Crippen LogP contribution in [0.1, 0.15) is 44.5 Å². The lowest BCUT2D eigenvalue weighted by Crippen LogP contribution is -2.28. The number of nitrogens with zero attached hydrogens (tertiary/aromatic N) is 3. The molecule has 0 radical (unpaired) electrons. The van der Waals surface area contributed by atoms with Crippen LogP contribution in [0.3, 0.4) is 0 Å². The number of fused-ring (bicyclic) bond motifs is 31. The Labute approximate surface area is 797 Å². The lowest BCUT2D eigenvalue weighted by Gasteiger charge is -2.34. The van der Waals surface area contributed by atoms with Gasteiger partial charge >= 0.3 is 0 Å². The molecule has 3 heteroatoms. The zero-order valence-corrected chi connectivity index (χ0v) is 75.1. The summed E-state index contributed by atoms with van der Waals surface area (Å²) in [4.78, 5) is 5.09. The van der Waals surface area contributed by atoms with Crippen molar-refractivity contribution in [3.8, 4) is 117 Å². The zero-order chi connectivity index (χ0) is 90.2. The lowest BCUT2D eigenvalue weighted by atomic mass is 9.68. The minimum absolute atomic E-state index is 0.545. The van der Waals surface area contributed by atoms with Gasteiger partial charge in [0.15, 0.2) is 0 Å². The molecule has 4 aliphatic carbocycles. The van der Waals surface area contributed by atoms with Crippen LogP contribution in [-0.4, -0.2) is 4.57 Å². The van der Waals surface area contributed by atoms with Gasteiger partial charge < -0.3 is 14.4 Å². The summed E-state index contributed by atoms with van der Waals surface area (Å²) in [5.74, 6) is 0. The van der Waals surface area contributed by atoms with E-state index in [1.807, 2.05) is 0 Å². The molecule has 1 heterocycles. The van der Waals surface area contributed by atoms with Crippen molar-refractivity contribution in [1.29, 1.82) is 0 Å². The number of aromatic nitrogens is 1. The molecule has 3 nitrogen and oxygen atoms in total. The highest BCUT2D eigenvalue weighted by atomic mass is 15.2. The molecule has 0 fully saturated rings. The van der Waals surface area contributed by atoms with E-state index in [2.05, 4.69) is 542 Å². The van der Waals surface area contributed by atoms with Crippen molar-refractivity contribution in [1.82, 2.24) is 4.57 Å². The van der Waals surface area contributed by atoms with Crippen molar-refractivity contribution in [2.24, 2.45) is 0 Å². The average molecular weight is 1740 g/mol. The first-order valence-electron chi connectivity index (χ1n) is 47.6. The van der Waals surface area contributed by atoms with Gasteiger partial charge in [-0.25, -0.2) is 0 Å². The molecule has 0 saturated heterocycles. The second kappa shape index (κ2) is 32.0. The third kappa shape index (κ3) is 12.1. The van der Waals surface area contributed by atoms with Gasteiger partial charge in [0.25, 0.3) is 0 Å². The normalized spacial score (nSPS) is 12.8. The number of hydrogen-bond acceptors (Lipinski definition) is 2. The Kier molecular flexibility index (Phi) is 18.5. The standard InChI is InChI=1S/C67H44N2.C67H43N/c1-4-21-45(22-5-1)67(46-23-6-2-7-24-46)61-35-18-16-34-58(61)66-62(67)36-20-38-65(66)68(49-40-42-64-60(44-49)57-33-17-19-37-63(57)69(64)47-25-8-3-9-26-47)48-39-41-56-54-31-13-12-29-52(54)50-27-10-11-28-51(50)53-30-14-15-32-55(53)59(56)43-48;1-3-20-44(21-4-1)67(45-22-5-2-6-23-45)63-35-18-17-34-60(63)66-64(67)36-19-37-65(66)68(47-39-41-59-55-31-12-10-27-51(55)53-29-14-16-33-57(53)62(59)43-47)46-38-40-58-54-30-11-9-26-50(54)48-24-7-8-25-49(48)52-28-13-15-32-56(52)61(58)42-46/h1-44H;1-43H. The summed E-state index contributed by atoms with van der Waals surface area (Å²) in [6.07, 6.45) is 0.